The van der Waals surface area contributed by atoms with Gasteiger partial charge in [-0.1, -0.05) is 37.3 Å². The van der Waals surface area contributed by atoms with Gasteiger partial charge in [0.15, 0.2) is 0 Å². The average Bonchev–Trinajstić information content (AvgIpc) is 2.63. The number of urea groups is 1. The van der Waals surface area contributed by atoms with Crippen molar-refractivity contribution in [3.63, 3.8) is 0 Å². The van der Waals surface area contributed by atoms with Crippen molar-refractivity contribution in [2.24, 2.45) is 0 Å². The number of nitrogens with one attached hydrogen (secondary N) is 2. The van der Waals surface area contributed by atoms with Crippen LogP contribution >= 0.6 is 0 Å². The van der Waals surface area contributed by atoms with E-state index in [2.05, 4.69) is 40.7 Å². The fourth-order valence-corrected chi connectivity index (χ4v) is 3.35. The molecule has 0 aliphatic heterocycles. The number of fused-ring (bicyclic) bond motifs is 1. The zero-order valence-electron chi connectivity index (χ0n) is 15.1. The second-order valence-electron chi connectivity index (χ2n) is 6.87. The number of carbonyl (C=O) groups excluding carboxylic acids is 1. The lowest BCUT2D eigenvalue weighted by molar-refractivity contribution is 0.234. The van der Waals surface area contributed by atoms with E-state index in [1.807, 2.05) is 43.3 Å². The first-order valence-corrected chi connectivity index (χ1v) is 8.81. The Hall–Kier alpha value is -2.56. The molecule has 2 N–H and O–H groups in total. The third kappa shape index (κ3) is 4.10. The van der Waals surface area contributed by atoms with Gasteiger partial charge in [0.2, 0.25) is 0 Å². The number of carbonyl (C=O) groups is 1. The van der Waals surface area contributed by atoms with Crippen LogP contribution in [0.4, 0.5) is 10.6 Å². The van der Waals surface area contributed by atoms with E-state index >= 15 is 0 Å². The van der Waals surface area contributed by atoms with Gasteiger partial charge in [0.25, 0.3) is 0 Å². The predicted octanol–water partition coefficient (Wildman–Crippen LogP) is 3.59. The van der Waals surface area contributed by atoms with Gasteiger partial charge < -0.3 is 15.5 Å². The van der Waals surface area contributed by atoms with Crippen LogP contribution in [0.3, 0.4) is 0 Å². The number of amides is 2. The molecule has 0 radical (unpaired) electrons. The summed E-state index contributed by atoms with van der Waals surface area (Å²) < 4.78 is 0. The molecule has 2 atom stereocenters. The summed E-state index contributed by atoms with van der Waals surface area (Å²) in [7, 11) is 3.90. The topological polar surface area (TPSA) is 57.3 Å². The number of benzene rings is 1. The number of pyridine rings is 1. The number of hydrogen-bond acceptors (Lipinski definition) is 3. The Kier molecular flexibility index (Phi) is 5.22. The Morgan fingerprint density at radius 2 is 1.88 bits per heavy atom. The highest BCUT2D eigenvalue weighted by molar-refractivity contribution is 5.74. The molecule has 25 heavy (non-hydrogen) atoms. The molecule has 3 rings (SSSR count). The molecule has 1 aliphatic rings. The van der Waals surface area contributed by atoms with E-state index < -0.39 is 0 Å². The molecule has 5 nitrogen and oxygen atoms in total. The molecule has 1 aliphatic carbocycles. The summed E-state index contributed by atoms with van der Waals surface area (Å²) >= 11 is 0. The molecule has 132 valence electrons. The Morgan fingerprint density at radius 3 is 2.64 bits per heavy atom. The van der Waals surface area contributed by atoms with Crippen LogP contribution in [0.5, 0.6) is 0 Å². The van der Waals surface area contributed by atoms with E-state index in [1.165, 1.54) is 11.1 Å². The quantitative estimate of drug-likeness (QED) is 0.896. The van der Waals surface area contributed by atoms with E-state index in [9.17, 15) is 4.79 Å². The summed E-state index contributed by atoms with van der Waals surface area (Å²) in [5, 5.41) is 6.04. The molecule has 0 spiro atoms. The normalized spacial score (nSPS) is 19.0. The van der Waals surface area contributed by atoms with Crippen LogP contribution in [0.2, 0.25) is 0 Å². The van der Waals surface area contributed by atoms with Crippen molar-refractivity contribution in [2.45, 2.75) is 38.3 Å². The third-order valence-electron chi connectivity index (χ3n) is 4.78. The molecule has 0 fully saturated rings. The Labute approximate surface area is 149 Å². The molecule has 2 amide bonds. The van der Waals surface area contributed by atoms with Gasteiger partial charge >= 0.3 is 6.03 Å². The Bertz CT molecular complexity index is 744. The summed E-state index contributed by atoms with van der Waals surface area (Å²) in [5.41, 5.74) is 3.43. The van der Waals surface area contributed by atoms with Gasteiger partial charge in [-0.25, -0.2) is 9.78 Å². The number of rotatable bonds is 4. The Morgan fingerprint density at radius 1 is 1.12 bits per heavy atom. The maximum absolute atomic E-state index is 12.3. The molecule has 1 heterocycles. The number of anilines is 1. The molecule has 1 aromatic carbocycles. The van der Waals surface area contributed by atoms with E-state index in [-0.39, 0.29) is 12.1 Å². The van der Waals surface area contributed by atoms with Crippen LogP contribution in [0, 0.1) is 0 Å². The number of aromatic nitrogens is 1. The first-order chi connectivity index (χ1) is 12.0. The molecular weight excluding hydrogens is 312 g/mol. The monoisotopic (exact) mass is 338 g/mol. The van der Waals surface area contributed by atoms with Crippen LogP contribution in [-0.4, -0.2) is 25.1 Å². The fraction of sp³-hybridized carbons (Fsp3) is 0.400. The van der Waals surface area contributed by atoms with Gasteiger partial charge in [-0.3, -0.25) is 0 Å². The zero-order valence-corrected chi connectivity index (χ0v) is 15.1. The summed E-state index contributed by atoms with van der Waals surface area (Å²) in [6.07, 6.45) is 2.06. The molecule has 1 aromatic heterocycles. The number of nitrogens with zero attached hydrogens (tertiary/aromatic N) is 2. The fourth-order valence-electron chi connectivity index (χ4n) is 3.35. The number of hydrogen-bond donors (Lipinski definition) is 2. The minimum absolute atomic E-state index is 0.0773. The average molecular weight is 338 g/mol. The molecular formula is C20H26N4O. The van der Waals surface area contributed by atoms with Crippen LogP contribution in [0.15, 0.2) is 42.5 Å². The second-order valence-corrected chi connectivity index (χ2v) is 6.87. The van der Waals surface area contributed by atoms with Gasteiger partial charge in [0, 0.05) is 14.1 Å². The summed E-state index contributed by atoms with van der Waals surface area (Å²) in [5.74, 6) is 1.44. The molecule has 5 heteroatoms. The minimum atomic E-state index is -0.147. The maximum atomic E-state index is 12.3. The van der Waals surface area contributed by atoms with E-state index in [1.54, 1.807) is 0 Å². The summed E-state index contributed by atoms with van der Waals surface area (Å²) in [6, 6.07) is 14.2. The maximum Gasteiger partial charge on any atom is 0.315 e. The van der Waals surface area contributed by atoms with Crippen molar-refractivity contribution >= 4 is 11.8 Å². The van der Waals surface area contributed by atoms with Crippen molar-refractivity contribution in [3.05, 3.63) is 59.3 Å². The zero-order chi connectivity index (χ0) is 17.8. The van der Waals surface area contributed by atoms with Crippen molar-refractivity contribution in [1.29, 1.82) is 0 Å². The van der Waals surface area contributed by atoms with Crippen molar-refractivity contribution in [1.82, 2.24) is 15.6 Å². The summed E-state index contributed by atoms with van der Waals surface area (Å²) in [6.45, 7) is 2.66. The standard InChI is InChI=1S/C20H26N4O/c1-14-11-12-18(17-9-5-4-8-16(14)17)23-20(25)21-13-15-7-6-10-19(22-15)24(2)3/h4-10,14,18H,11-13H2,1-3H3,(H2,21,23,25). The SMILES string of the molecule is CC1CCC(NC(=O)NCc2cccc(N(C)C)n2)c2ccccc21. The summed E-state index contributed by atoms with van der Waals surface area (Å²) in [4.78, 5) is 18.8. The molecule has 0 saturated heterocycles. The highest BCUT2D eigenvalue weighted by Gasteiger charge is 2.25. The molecule has 2 unspecified atom stereocenters. The van der Waals surface area contributed by atoms with E-state index in [4.69, 9.17) is 0 Å². The lowest BCUT2D eigenvalue weighted by Gasteiger charge is -2.30. The third-order valence-corrected chi connectivity index (χ3v) is 4.78. The van der Waals surface area contributed by atoms with Crippen molar-refractivity contribution in [2.75, 3.05) is 19.0 Å². The van der Waals surface area contributed by atoms with Crippen LogP contribution in [0.1, 0.15) is 48.5 Å². The molecule has 2 aromatic rings. The van der Waals surface area contributed by atoms with Gasteiger partial charge in [0.05, 0.1) is 18.3 Å². The molecule has 0 bridgehead atoms. The predicted molar refractivity (Wildman–Crippen MR) is 101 cm³/mol. The first-order valence-electron chi connectivity index (χ1n) is 8.81. The van der Waals surface area contributed by atoms with Crippen molar-refractivity contribution in [3.8, 4) is 0 Å². The lowest BCUT2D eigenvalue weighted by Crippen LogP contribution is -2.39. The van der Waals surface area contributed by atoms with Crippen LogP contribution in [0.25, 0.3) is 0 Å². The van der Waals surface area contributed by atoms with E-state index in [0.717, 1.165) is 24.4 Å². The van der Waals surface area contributed by atoms with Gasteiger partial charge in [-0.15, -0.1) is 0 Å². The minimum Gasteiger partial charge on any atom is -0.363 e. The Balaban J connectivity index is 1.60. The van der Waals surface area contributed by atoms with Crippen LogP contribution in [-0.2, 0) is 6.54 Å². The van der Waals surface area contributed by atoms with Crippen LogP contribution < -0.4 is 15.5 Å². The van der Waals surface area contributed by atoms with Gasteiger partial charge in [0.1, 0.15) is 5.82 Å². The van der Waals surface area contributed by atoms with Gasteiger partial charge in [-0.2, -0.15) is 0 Å². The second kappa shape index (κ2) is 7.55. The van der Waals surface area contributed by atoms with Gasteiger partial charge in [-0.05, 0) is 42.0 Å². The van der Waals surface area contributed by atoms with Crippen molar-refractivity contribution < 1.29 is 4.79 Å². The first kappa shape index (κ1) is 17.3. The molecule has 0 saturated carbocycles. The van der Waals surface area contributed by atoms with E-state index in [0.29, 0.717) is 12.5 Å². The largest absolute Gasteiger partial charge is 0.363 e. The highest BCUT2D eigenvalue weighted by atomic mass is 16.2. The lowest BCUT2D eigenvalue weighted by atomic mass is 9.81. The smallest absolute Gasteiger partial charge is 0.315 e. The highest BCUT2D eigenvalue weighted by Crippen LogP contribution is 2.36.